The van der Waals surface area contributed by atoms with E-state index in [0.29, 0.717) is 18.7 Å². The van der Waals surface area contributed by atoms with Gasteiger partial charge in [0.2, 0.25) is 0 Å². The molecule has 82 valence electrons. The van der Waals surface area contributed by atoms with E-state index in [-0.39, 0.29) is 11.9 Å². The van der Waals surface area contributed by atoms with Crippen LogP contribution in [-0.2, 0) is 4.74 Å². The van der Waals surface area contributed by atoms with Gasteiger partial charge in [-0.25, -0.2) is 4.39 Å². The molecule has 0 aromatic heterocycles. The number of ether oxygens (including phenoxy) is 1. The average Bonchev–Trinajstić information content (AvgIpc) is 2.24. The van der Waals surface area contributed by atoms with E-state index < -0.39 is 5.82 Å². The first-order valence-corrected chi connectivity index (χ1v) is 5.00. The number of morpholine rings is 1. The van der Waals surface area contributed by atoms with E-state index in [1.54, 1.807) is 6.07 Å². The molecule has 1 atom stereocenters. The molecule has 1 unspecified atom stereocenters. The molecule has 1 saturated heterocycles. The fourth-order valence-corrected chi connectivity index (χ4v) is 1.78. The molecule has 0 bridgehead atoms. The Kier molecular flexibility index (Phi) is 2.88. The van der Waals surface area contributed by atoms with Gasteiger partial charge in [0.15, 0.2) is 11.6 Å². The summed E-state index contributed by atoms with van der Waals surface area (Å²) in [5.41, 5.74) is 1.26. The molecule has 1 aliphatic rings. The van der Waals surface area contributed by atoms with Crippen molar-refractivity contribution in [3.8, 4) is 5.75 Å². The minimum atomic E-state index is -0.575. The molecule has 3 nitrogen and oxygen atoms in total. The summed E-state index contributed by atoms with van der Waals surface area (Å²) in [6.45, 7) is 3.76. The molecule has 2 N–H and O–H groups in total. The number of hydrogen-bond acceptors (Lipinski definition) is 3. The molecule has 4 heteroatoms. The Morgan fingerprint density at radius 3 is 3.00 bits per heavy atom. The lowest BCUT2D eigenvalue weighted by molar-refractivity contribution is 0.0252. The summed E-state index contributed by atoms with van der Waals surface area (Å²) in [4.78, 5) is 0. The summed E-state index contributed by atoms with van der Waals surface area (Å²) in [5.74, 6) is -0.881. The number of halogens is 1. The Labute approximate surface area is 87.9 Å². The van der Waals surface area contributed by atoms with E-state index in [1.165, 1.54) is 6.07 Å². The summed E-state index contributed by atoms with van der Waals surface area (Å²) in [6.07, 6.45) is -0.301. The van der Waals surface area contributed by atoms with Crippen LogP contribution >= 0.6 is 0 Å². The van der Waals surface area contributed by atoms with Gasteiger partial charge in [-0.05, 0) is 18.6 Å². The first kappa shape index (κ1) is 10.4. The minimum Gasteiger partial charge on any atom is -0.505 e. The highest BCUT2D eigenvalue weighted by Gasteiger charge is 2.21. The second-order valence-corrected chi connectivity index (χ2v) is 3.75. The molecule has 2 rings (SSSR count). The van der Waals surface area contributed by atoms with Crippen molar-refractivity contribution >= 4 is 0 Å². The molecule has 0 spiro atoms. The van der Waals surface area contributed by atoms with Crippen LogP contribution in [0.2, 0.25) is 0 Å². The van der Waals surface area contributed by atoms with Crippen LogP contribution in [0.5, 0.6) is 5.75 Å². The number of nitrogens with one attached hydrogen (secondary N) is 1. The van der Waals surface area contributed by atoms with E-state index in [0.717, 1.165) is 12.1 Å². The van der Waals surface area contributed by atoms with Gasteiger partial charge in [-0.2, -0.15) is 0 Å². The maximum atomic E-state index is 13.6. The van der Waals surface area contributed by atoms with Crippen molar-refractivity contribution in [2.24, 2.45) is 0 Å². The molecule has 0 amide bonds. The first-order chi connectivity index (χ1) is 7.18. The van der Waals surface area contributed by atoms with Crippen molar-refractivity contribution in [3.63, 3.8) is 0 Å². The zero-order valence-electron chi connectivity index (χ0n) is 8.59. The zero-order valence-corrected chi connectivity index (χ0v) is 8.59. The highest BCUT2D eigenvalue weighted by atomic mass is 19.1. The Hall–Kier alpha value is -1.13. The molecule has 1 aromatic carbocycles. The molecule has 15 heavy (non-hydrogen) atoms. The SMILES string of the molecule is Cc1cc(O)c(F)c(C2CNCCO2)c1. The van der Waals surface area contributed by atoms with Crippen molar-refractivity contribution in [1.29, 1.82) is 0 Å². The summed E-state index contributed by atoms with van der Waals surface area (Å²) in [6, 6.07) is 3.13. The normalized spacial score (nSPS) is 21.6. The second-order valence-electron chi connectivity index (χ2n) is 3.75. The van der Waals surface area contributed by atoms with Crippen LogP contribution in [-0.4, -0.2) is 24.8 Å². The van der Waals surface area contributed by atoms with E-state index >= 15 is 0 Å². The van der Waals surface area contributed by atoms with Gasteiger partial charge in [-0.15, -0.1) is 0 Å². The van der Waals surface area contributed by atoms with Gasteiger partial charge in [0, 0.05) is 18.7 Å². The maximum Gasteiger partial charge on any atom is 0.170 e. The minimum absolute atomic E-state index is 0.301. The smallest absolute Gasteiger partial charge is 0.170 e. The largest absolute Gasteiger partial charge is 0.505 e. The average molecular weight is 211 g/mol. The standard InChI is InChI=1S/C11H14FNO2/c1-7-4-8(11(12)9(14)5-7)10-6-13-2-3-15-10/h4-5,10,13-14H,2-3,6H2,1H3. The second kappa shape index (κ2) is 4.16. The number of hydrogen-bond donors (Lipinski definition) is 2. The number of phenols is 1. The first-order valence-electron chi connectivity index (χ1n) is 5.00. The van der Waals surface area contributed by atoms with Crippen molar-refractivity contribution < 1.29 is 14.2 Å². The van der Waals surface area contributed by atoms with Gasteiger partial charge in [0.05, 0.1) is 12.7 Å². The third-order valence-electron chi connectivity index (χ3n) is 2.50. The van der Waals surface area contributed by atoms with Gasteiger partial charge < -0.3 is 15.2 Å². The van der Waals surface area contributed by atoms with Crippen LogP contribution in [0.25, 0.3) is 0 Å². The van der Waals surface area contributed by atoms with E-state index in [2.05, 4.69) is 5.32 Å². The Morgan fingerprint density at radius 2 is 2.33 bits per heavy atom. The number of aromatic hydroxyl groups is 1. The number of benzene rings is 1. The monoisotopic (exact) mass is 211 g/mol. The molecule has 1 aromatic rings. The zero-order chi connectivity index (χ0) is 10.8. The van der Waals surface area contributed by atoms with Crippen LogP contribution in [0, 0.1) is 12.7 Å². The quantitative estimate of drug-likeness (QED) is 0.739. The summed E-state index contributed by atoms with van der Waals surface area (Å²) < 4.78 is 19.0. The van der Waals surface area contributed by atoms with Gasteiger partial charge in [0.25, 0.3) is 0 Å². The molecular weight excluding hydrogens is 197 g/mol. The molecule has 1 heterocycles. The van der Waals surface area contributed by atoms with Crippen LogP contribution in [0.15, 0.2) is 12.1 Å². The lowest BCUT2D eigenvalue weighted by atomic mass is 10.0. The number of aryl methyl sites for hydroxylation is 1. The Morgan fingerprint density at radius 1 is 1.53 bits per heavy atom. The van der Waals surface area contributed by atoms with Crippen LogP contribution < -0.4 is 5.32 Å². The fraction of sp³-hybridized carbons (Fsp3) is 0.455. The van der Waals surface area contributed by atoms with Crippen molar-refractivity contribution in [2.45, 2.75) is 13.0 Å². The van der Waals surface area contributed by atoms with E-state index in [4.69, 9.17) is 4.74 Å². The van der Waals surface area contributed by atoms with Crippen LogP contribution in [0.3, 0.4) is 0 Å². The van der Waals surface area contributed by atoms with Crippen LogP contribution in [0.1, 0.15) is 17.2 Å². The van der Waals surface area contributed by atoms with E-state index in [9.17, 15) is 9.50 Å². The maximum absolute atomic E-state index is 13.6. The molecule has 0 radical (unpaired) electrons. The van der Waals surface area contributed by atoms with Gasteiger partial charge in [-0.1, -0.05) is 6.07 Å². The van der Waals surface area contributed by atoms with Crippen molar-refractivity contribution in [1.82, 2.24) is 5.32 Å². The molecular formula is C11H14FNO2. The molecule has 1 fully saturated rings. The third-order valence-corrected chi connectivity index (χ3v) is 2.50. The Balaban J connectivity index is 2.33. The predicted molar refractivity (Wildman–Crippen MR) is 54.4 cm³/mol. The third kappa shape index (κ3) is 2.11. The fourth-order valence-electron chi connectivity index (χ4n) is 1.78. The molecule has 1 aliphatic heterocycles. The van der Waals surface area contributed by atoms with Crippen molar-refractivity contribution in [3.05, 3.63) is 29.1 Å². The van der Waals surface area contributed by atoms with E-state index in [1.807, 2.05) is 6.92 Å². The van der Waals surface area contributed by atoms with Gasteiger partial charge in [-0.3, -0.25) is 0 Å². The Bertz CT molecular complexity index is 362. The predicted octanol–water partition coefficient (Wildman–Crippen LogP) is 1.50. The summed E-state index contributed by atoms with van der Waals surface area (Å²) in [5, 5.41) is 12.5. The molecule has 0 saturated carbocycles. The lowest BCUT2D eigenvalue weighted by Crippen LogP contribution is -2.33. The van der Waals surface area contributed by atoms with Gasteiger partial charge >= 0.3 is 0 Å². The highest BCUT2D eigenvalue weighted by molar-refractivity contribution is 5.36. The number of phenolic OH excluding ortho intramolecular Hbond substituents is 1. The number of rotatable bonds is 1. The summed E-state index contributed by atoms with van der Waals surface area (Å²) in [7, 11) is 0. The van der Waals surface area contributed by atoms with Crippen LogP contribution in [0.4, 0.5) is 4.39 Å². The molecule has 0 aliphatic carbocycles. The van der Waals surface area contributed by atoms with Gasteiger partial charge in [0.1, 0.15) is 0 Å². The topological polar surface area (TPSA) is 41.5 Å². The van der Waals surface area contributed by atoms with Crippen molar-refractivity contribution in [2.75, 3.05) is 19.7 Å². The summed E-state index contributed by atoms with van der Waals surface area (Å²) >= 11 is 0. The lowest BCUT2D eigenvalue weighted by Gasteiger charge is -2.24. The highest BCUT2D eigenvalue weighted by Crippen LogP contribution is 2.28.